The molecule has 20 heavy (non-hydrogen) atoms. The molecule has 3 rings (SSSR count). The summed E-state index contributed by atoms with van der Waals surface area (Å²) in [7, 11) is 0. The van der Waals surface area contributed by atoms with Crippen LogP contribution in [0.25, 0.3) is 0 Å². The third kappa shape index (κ3) is 2.45. The predicted molar refractivity (Wildman–Crippen MR) is 74.5 cm³/mol. The number of halogens is 1. The Labute approximate surface area is 121 Å². The maximum Gasteiger partial charge on any atom is 0.147 e. The standard InChI is InChI=1S/C13H13ClN6/c1-8-17-12-3-2-10(7-20(12)19-8)18-13-11(14)4-9(5-15)6-16-13/h4,6,10H,2-3,7H2,1H3,(H,16,18). The Balaban J connectivity index is 1.75. The van der Waals surface area contributed by atoms with Gasteiger partial charge >= 0.3 is 0 Å². The molecule has 0 aromatic carbocycles. The zero-order chi connectivity index (χ0) is 14.1. The van der Waals surface area contributed by atoms with E-state index in [-0.39, 0.29) is 6.04 Å². The number of aryl methyl sites for hydroxylation is 2. The van der Waals surface area contributed by atoms with Crippen molar-refractivity contribution >= 4 is 17.4 Å². The van der Waals surface area contributed by atoms with Crippen LogP contribution in [0.4, 0.5) is 5.82 Å². The summed E-state index contributed by atoms with van der Waals surface area (Å²) in [6.07, 6.45) is 3.35. The monoisotopic (exact) mass is 288 g/mol. The zero-order valence-electron chi connectivity index (χ0n) is 11.0. The first-order valence-electron chi connectivity index (χ1n) is 6.38. The summed E-state index contributed by atoms with van der Waals surface area (Å²) in [4.78, 5) is 8.57. The van der Waals surface area contributed by atoms with Gasteiger partial charge in [0.15, 0.2) is 0 Å². The predicted octanol–water partition coefficient (Wildman–Crippen LogP) is 1.93. The van der Waals surface area contributed by atoms with Crippen molar-refractivity contribution in [3.05, 3.63) is 34.5 Å². The Morgan fingerprint density at radius 1 is 1.55 bits per heavy atom. The fraction of sp³-hybridized carbons (Fsp3) is 0.385. The van der Waals surface area contributed by atoms with Crippen LogP contribution in [-0.2, 0) is 13.0 Å². The number of fused-ring (bicyclic) bond motifs is 1. The number of anilines is 1. The molecular formula is C13H13ClN6. The van der Waals surface area contributed by atoms with E-state index in [1.54, 1.807) is 6.07 Å². The molecule has 1 aliphatic rings. The molecule has 2 aromatic heterocycles. The van der Waals surface area contributed by atoms with Gasteiger partial charge in [0.05, 0.1) is 17.1 Å². The molecule has 102 valence electrons. The van der Waals surface area contributed by atoms with Gasteiger partial charge in [0, 0.05) is 18.7 Å². The fourth-order valence-electron chi connectivity index (χ4n) is 2.35. The molecule has 1 N–H and O–H groups in total. The van der Waals surface area contributed by atoms with Crippen molar-refractivity contribution in [1.82, 2.24) is 19.7 Å². The van der Waals surface area contributed by atoms with E-state index >= 15 is 0 Å². The van der Waals surface area contributed by atoms with Gasteiger partial charge < -0.3 is 5.32 Å². The summed E-state index contributed by atoms with van der Waals surface area (Å²) in [6.45, 7) is 2.64. The molecule has 0 bridgehead atoms. The first-order valence-corrected chi connectivity index (χ1v) is 6.76. The van der Waals surface area contributed by atoms with E-state index in [2.05, 4.69) is 20.4 Å². The van der Waals surface area contributed by atoms with Crippen molar-refractivity contribution in [3.63, 3.8) is 0 Å². The van der Waals surface area contributed by atoms with Crippen LogP contribution < -0.4 is 5.32 Å². The topological polar surface area (TPSA) is 79.4 Å². The van der Waals surface area contributed by atoms with Gasteiger partial charge in [-0.15, -0.1) is 0 Å². The number of hydrogen-bond donors (Lipinski definition) is 1. The first-order chi connectivity index (χ1) is 9.65. The van der Waals surface area contributed by atoms with Gasteiger partial charge in [-0.3, -0.25) is 0 Å². The summed E-state index contributed by atoms with van der Waals surface area (Å²) in [5.74, 6) is 2.44. The second-order valence-corrected chi connectivity index (χ2v) is 5.21. The van der Waals surface area contributed by atoms with Crippen LogP contribution in [0.5, 0.6) is 0 Å². The third-order valence-electron chi connectivity index (χ3n) is 3.28. The minimum Gasteiger partial charge on any atom is -0.364 e. The number of nitrogens with one attached hydrogen (secondary N) is 1. The number of aromatic nitrogens is 4. The van der Waals surface area contributed by atoms with E-state index in [1.807, 2.05) is 17.7 Å². The van der Waals surface area contributed by atoms with E-state index in [4.69, 9.17) is 16.9 Å². The van der Waals surface area contributed by atoms with Crippen LogP contribution in [0, 0.1) is 18.3 Å². The summed E-state index contributed by atoms with van der Waals surface area (Å²) in [5, 5.41) is 16.9. The van der Waals surface area contributed by atoms with E-state index < -0.39 is 0 Å². The van der Waals surface area contributed by atoms with Crippen molar-refractivity contribution in [1.29, 1.82) is 5.26 Å². The Morgan fingerprint density at radius 2 is 2.40 bits per heavy atom. The zero-order valence-corrected chi connectivity index (χ0v) is 11.7. The highest BCUT2D eigenvalue weighted by atomic mass is 35.5. The fourth-order valence-corrected chi connectivity index (χ4v) is 2.57. The average Bonchev–Trinajstić information content (AvgIpc) is 2.80. The van der Waals surface area contributed by atoms with Gasteiger partial charge in [-0.2, -0.15) is 10.4 Å². The molecule has 1 atom stereocenters. The highest BCUT2D eigenvalue weighted by Crippen LogP contribution is 2.23. The lowest BCUT2D eigenvalue weighted by molar-refractivity contribution is 0.440. The second kappa shape index (κ2) is 5.10. The van der Waals surface area contributed by atoms with Crippen molar-refractivity contribution in [2.75, 3.05) is 5.32 Å². The van der Waals surface area contributed by atoms with Crippen molar-refractivity contribution in [2.45, 2.75) is 32.4 Å². The van der Waals surface area contributed by atoms with Gasteiger partial charge in [-0.25, -0.2) is 14.6 Å². The van der Waals surface area contributed by atoms with Gasteiger partial charge in [0.2, 0.25) is 0 Å². The van der Waals surface area contributed by atoms with Gasteiger partial charge in [-0.05, 0) is 19.4 Å². The maximum atomic E-state index is 8.80. The Morgan fingerprint density at radius 3 is 3.15 bits per heavy atom. The van der Waals surface area contributed by atoms with E-state index in [0.717, 1.165) is 31.0 Å². The molecular weight excluding hydrogens is 276 g/mol. The van der Waals surface area contributed by atoms with Crippen LogP contribution in [0.3, 0.4) is 0 Å². The Kier molecular flexibility index (Phi) is 3.28. The molecule has 0 radical (unpaired) electrons. The van der Waals surface area contributed by atoms with Crippen molar-refractivity contribution < 1.29 is 0 Å². The molecule has 2 aromatic rings. The molecule has 0 saturated carbocycles. The summed E-state index contributed by atoms with van der Waals surface area (Å²) in [6, 6.07) is 3.84. The van der Waals surface area contributed by atoms with Crippen LogP contribution in [0.2, 0.25) is 5.02 Å². The van der Waals surface area contributed by atoms with Gasteiger partial charge in [0.1, 0.15) is 23.5 Å². The average molecular weight is 289 g/mol. The molecule has 0 amide bonds. The largest absolute Gasteiger partial charge is 0.364 e. The number of pyridine rings is 1. The number of hydrogen-bond acceptors (Lipinski definition) is 5. The minimum absolute atomic E-state index is 0.210. The van der Waals surface area contributed by atoms with E-state index in [1.165, 1.54) is 6.20 Å². The summed E-state index contributed by atoms with van der Waals surface area (Å²) >= 11 is 6.12. The summed E-state index contributed by atoms with van der Waals surface area (Å²) < 4.78 is 1.92. The molecule has 0 spiro atoms. The van der Waals surface area contributed by atoms with Crippen molar-refractivity contribution in [3.8, 4) is 6.07 Å². The SMILES string of the molecule is Cc1nc2n(n1)CC(Nc1ncc(C#N)cc1Cl)CC2. The van der Waals surface area contributed by atoms with Crippen molar-refractivity contribution in [2.24, 2.45) is 0 Å². The molecule has 0 fully saturated rings. The molecule has 3 heterocycles. The lowest BCUT2D eigenvalue weighted by atomic mass is 10.1. The summed E-state index contributed by atoms with van der Waals surface area (Å²) in [5.41, 5.74) is 0.457. The number of nitrogens with zero attached hydrogens (tertiary/aromatic N) is 5. The smallest absolute Gasteiger partial charge is 0.147 e. The van der Waals surface area contributed by atoms with Gasteiger partial charge in [0.25, 0.3) is 0 Å². The highest BCUT2D eigenvalue weighted by Gasteiger charge is 2.21. The minimum atomic E-state index is 0.210. The highest BCUT2D eigenvalue weighted by molar-refractivity contribution is 6.33. The lowest BCUT2D eigenvalue weighted by Gasteiger charge is -2.24. The van der Waals surface area contributed by atoms with Crippen LogP contribution in [-0.4, -0.2) is 25.8 Å². The lowest BCUT2D eigenvalue weighted by Crippen LogP contribution is -2.32. The molecule has 0 saturated heterocycles. The van der Waals surface area contributed by atoms with E-state index in [9.17, 15) is 0 Å². The van der Waals surface area contributed by atoms with Gasteiger partial charge in [-0.1, -0.05) is 11.6 Å². The molecule has 1 unspecified atom stereocenters. The Hall–Kier alpha value is -2.13. The third-order valence-corrected chi connectivity index (χ3v) is 3.56. The molecule has 0 aliphatic carbocycles. The number of rotatable bonds is 2. The molecule has 7 heteroatoms. The molecule has 1 aliphatic heterocycles. The number of nitriles is 1. The normalized spacial score (nSPS) is 17.4. The van der Waals surface area contributed by atoms with Crippen LogP contribution in [0.15, 0.2) is 12.3 Å². The quantitative estimate of drug-likeness (QED) is 0.913. The molecule has 6 nitrogen and oxygen atoms in total. The second-order valence-electron chi connectivity index (χ2n) is 4.80. The van der Waals surface area contributed by atoms with Crippen LogP contribution in [0.1, 0.15) is 23.6 Å². The first kappa shape index (κ1) is 12.9. The van der Waals surface area contributed by atoms with Crippen LogP contribution >= 0.6 is 11.6 Å². The maximum absolute atomic E-state index is 8.80. The van der Waals surface area contributed by atoms with E-state index in [0.29, 0.717) is 16.4 Å². The Bertz CT molecular complexity index is 687.